The molecule has 1 aromatic rings. The minimum absolute atomic E-state index is 0.0476. The molecule has 1 unspecified atom stereocenters. The van der Waals surface area contributed by atoms with E-state index in [4.69, 9.17) is 5.11 Å². The summed E-state index contributed by atoms with van der Waals surface area (Å²) in [7, 11) is -2.97. The molecule has 1 aliphatic rings. The molecule has 1 atom stereocenters. The molecular formula is C9H11N3O4S. The van der Waals surface area contributed by atoms with Gasteiger partial charge in [-0.15, -0.1) is 0 Å². The lowest BCUT2D eigenvalue weighted by Crippen LogP contribution is -2.21. The number of aromatic nitrogens is 2. The quantitative estimate of drug-likeness (QED) is 0.769. The van der Waals surface area contributed by atoms with Crippen LogP contribution in [-0.4, -0.2) is 47.0 Å². The lowest BCUT2D eigenvalue weighted by molar-refractivity contribution is 0.0690. The number of aromatic carboxylic acids is 1. The van der Waals surface area contributed by atoms with Gasteiger partial charge in [-0.05, 0) is 6.42 Å². The highest BCUT2D eigenvalue weighted by atomic mass is 32.2. The van der Waals surface area contributed by atoms with E-state index in [-0.39, 0.29) is 29.1 Å². The minimum atomic E-state index is -2.97. The van der Waals surface area contributed by atoms with Gasteiger partial charge in [0.25, 0.3) is 0 Å². The van der Waals surface area contributed by atoms with Gasteiger partial charge in [0, 0.05) is 6.04 Å². The summed E-state index contributed by atoms with van der Waals surface area (Å²) < 4.78 is 22.5. The average Bonchev–Trinajstić information content (AvgIpc) is 2.58. The third kappa shape index (κ3) is 2.90. The van der Waals surface area contributed by atoms with Crippen LogP contribution < -0.4 is 5.32 Å². The standard InChI is InChI=1S/C9H11N3O4S/c13-9(14)7-3-10-4-8(12-7)11-6-1-2-17(15,16)5-6/h3-4,6H,1-2,5H2,(H,11,12)(H,13,14). The molecule has 2 heterocycles. The van der Waals surface area contributed by atoms with Gasteiger partial charge in [-0.25, -0.2) is 18.2 Å². The van der Waals surface area contributed by atoms with Crippen molar-refractivity contribution in [1.82, 2.24) is 9.97 Å². The number of hydrogen-bond acceptors (Lipinski definition) is 6. The van der Waals surface area contributed by atoms with Crippen LogP contribution in [0, 0.1) is 0 Å². The predicted octanol–water partition coefficient (Wildman–Crippen LogP) is -0.226. The smallest absolute Gasteiger partial charge is 0.356 e. The number of carbonyl (C=O) groups is 1. The Balaban J connectivity index is 2.09. The van der Waals surface area contributed by atoms with Crippen molar-refractivity contribution in [1.29, 1.82) is 0 Å². The SMILES string of the molecule is O=C(O)c1cncc(NC2CCS(=O)(=O)C2)n1. The lowest BCUT2D eigenvalue weighted by atomic mass is 10.3. The second-order valence-corrected chi connectivity index (χ2v) is 6.07. The maximum Gasteiger partial charge on any atom is 0.356 e. The third-order valence-electron chi connectivity index (χ3n) is 2.44. The maximum absolute atomic E-state index is 11.2. The van der Waals surface area contributed by atoms with Crippen molar-refractivity contribution < 1.29 is 18.3 Å². The normalized spacial score (nSPS) is 22.2. The molecule has 0 bridgehead atoms. The molecule has 0 amide bonds. The van der Waals surface area contributed by atoms with E-state index in [1.807, 2.05) is 0 Å². The van der Waals surface area contributed by atoms with Crippen molar-refractivity contribution >= 4 is 21.6 Å². The van der Waals surface area contributed by atoms with Crippen LogP contribution in [-0.2, 0) is 9.84 Å². The molecule has 1 saturated heterocycles. The zero-order valence-corrected chi connectivity index (χ0v) is 9.64. The minimum Gasteiger partial charge on any atom is -0.476 e. The summed E-state index contributed by atoms with van der Waals surface area (Å²) in [6, 6.07) is -0.224. The van der Waals surface area contributed by atoms with Gasteiger partial charge >= 0.3 is 5.97 Å². The van der Waals surface area contributed by atoms with Crippen LogP contribution in [0.4, 0.5) is 5.82 Å². The van der Waals surface area contributed by atoms with Crippen molar-refractivity contribution in [3.63, 3.8) is 0 Å². The Hall–Kier alpha value is -1.70. The highest BCUT2D eigenvalue weighted by molar-refractivity contribution is 7.91. The third-order valence-corrected chi connectivity index (χ3v) is 4.21. The molecule has 1 fully saturated rings. The Bertz CT molecular complexity index is 543. The van der Waals surface area contributed by atoms with Crippen LogP contribution in [0.1, 0.15) is 16.9 Å². The van der Waals surface area contributed by atoms with Gasteiger partial charge in [0.15, 0.2) is 15.5 Å². The number of rotatable bonds is 3. The Morgan fingerprint density at radius 2 is 2.24 bits per heavy atom. The summed E-state index contributed by atoms with van der Waals surface area (Å²) >= 11 is 0. The number of nitrogens with zero attached hydrogens (tertiary/aromatic N) is 2. The van der Waals surface area contributed by atoms with E-state index < -0.39 is 15.8 Å². The van der Waals surface area contributed by atoms with Crippen LogP contribution in [0.2, 0.25) is 0 Å². The van der Waals surface area contributed by atoms with Crippen LogP contribution in [0.15, 0.2) is 12.4 Å². The van der Waals surface area contributed by atoms with Crippen LogP contribution in [0.25, 0.3) is 0 Å². The molecular weight excluding hydrogens is 246 g/mol. The molecule has 7 nitrogen and oxygen atoms in total. The number of carboxylic acid groups (broad SMARTS) is 1. The molecule has 2 rings (SSSR count). The monoisotopic (exact) mass is 257 g/mol. The number of carboxylic acids is 1. The van der Waals surface area contributed by atoms with E-state index in [0.717, 1.165) is 6.20 Å². The summed E-state index contributed by atoms with van der Waals surface area (Å²) in [6.07, 6.45) is 3.01. The van der Waals surface area contributed by atoms with Gasteiger partial charge in [0.1, 0.15) is 5.82 Å². The number of sulfone groups is 1. The van der Waals surface area contributed by atoms with Gasteiger partial charge in [0.05, 0.1) is 23.9 Å². The first-order chi connectivity index (χ1) is 7.96. The molecule has 2 N–H and O–H groups in total. The van der Waals surface area contributed by atoms with Gasteiger partial charge in [0.2, 0.25) is 0 Å². The van der Waals surface area contributed by atoms with Crippen molar-refractivity contribution in [3.8, 4) is 0 Å². The second kappa shape index (κ2) is 4.28. The summed E-state index contributed by atoms with van der Waals surface area (Å²) in [5.41, 5.74) is -0.171. The lowest BCUT2D eigenvalue weighted by Gasteiger charge is -2.10. The zero-order chi connectivity index (χ0) is 12.5. The predicted molar refractivity (Wildman–Crippen MR) is 59.7 cm³/mol. The van der Waals surface area contributed by atoms with Crippen molar-refractivity contribution in [3.05, 3.63) is 18.1 Å². The Kier molecular flexibility index (Phi) is 2.97. The van der Waals surface area contributed by atoms with Gasteiger partial charge in [-0.2, -0.15) is 0 Å². The van der Waals surface area contributed by atoms with Crippen LogP contribution in [0.5, 0.6) is 0 Å². The Morgan fingerprint density at radius 3 is 2.82 bits per heavy atom. The van der Waals surface area contributed by atoms with Crippen molar-refractivity contribution in [2.24, 2.45) is 0 Å². The van der Waals surface area contributed by atoms with E-state index in [2.05, 4.69) is 15.3 Å². The topological polar surface area (TPSA) is 109 Å². The van der Waals surface area contributed by atoms with Crippen LogP contribution in [0.3, 0.4) is 0 Å². The fourth-order valence-corrected chi connectivity index (χ4v) is 3.33. The molecule has 1 aliphatic heterocycles. The molecule has 8 heteroatoms. The largest absolute Gasteiger partial charge is 0.476 e. The average molecular weight is 257 g/mol. The fraction of sp³-hybridized carbons (Fsp3) is 0.444. The van der Waals surface area contributed by atoms with E-state index in [0.29, 0.717) is 6.42 Å². The second-order valence-electron chi connectivity index (χ2n) is 3.84. The van der Waals surface area contributed by atoms with E-state index in [1.165, 1.54) is 6.20 Å². The van der Waals surface area contributed by atoms with E-state index >= 15 is 0 Å². The van der Waals surface area contributed by atoms with Gasteiger partial charge < -0.3 is 10.4 Å². The fourth-order valence-electron chi connectivity index (χ4n) is 1.66. The van der Waals surface area contributed by atoms with Crippen molar-refractivity contribution in [2.75, 3.05) is 16.8 Å². The zero-order valence-electron chi connectivity index (χ0n) is 8.83. The first kappa shape index (κ1) is 11.8. The summed E-state index contributed by atoms with van der Waals surface area (Å²) in [5.74, 6) is -0.685. The number of anilines is 1. The highest BCUT2D eigenvalue weighted by Gasteiger charge is 2.28. The molecule has 0 spiro atoms. The Morgan fingerprint density at radius 1 is 1.47 bits per heavy atom. The van der Waals surface area contributed by atoms with Gasteiger partial charge in [-0.1, -0.05) is 0 Å². The highest BCUT2D eigenvalue weighted by Crippen LogP contribution is 2.15. The molecule has 1 aromatic heterocycles. The Labute approximate surface area is 97.8 Å². The van der Waals surface area contributed by atoms with Crippen molar-refractivity contribution in [2.45, 2.75) is 12.5 Å². The summed E-state index contributed by atoms with van der Waals surface area (Å²) in [6.45, 7) is 0. The first-order valence-electron chi connectivity index (χ1n) is 4.98. The summed E-state index contributed by atoms with van der Waals surface area (Å²) in [4.78, 5) is 18.2. The van der Waals surface area contributed by atoms with Gasteiger partial charge in [-0.3, -0.25) is 4.98 Å². The number of nitrogens with one attached hydrogen (secondary N) is 1. The van der Waals surface area contributed by atoms with E-state index in [1.54, 1.807) is 0 Å². The van der Waals surface area contributed by atoms with E-state index in [9.17, 15) is 13.2 Å². The first-order valence-corrected chi connectivity index (χ1v) is 6.81. The molecule has 17 heavy (non-hydrogen) atoms. The summed E-state index contributed by atoms with van der Waals surface area (Å²) in [5, 5.41) is 11.6. The molecule has 0 aliphatic carbocycles. The van der Waals surface area contributed by atoms with Crippen LogP contribution >= 0.6 is 0 Å². The molecule has 0 saturated carbocycles. The molecule has 0 aromatic carbocycles. The molecule has 92 valence electrons. The molecule has 0 radical (unpaired) electrons. The maximum atomic E-state index is 11.2. The number of hydrogen-bond donors (Lipinski definition) is 2.